The highest BCUT2D eigenvalue weighted by molar-refractivity contribution is 6.31. The third-order valence-electron chi connectivity index (χ3n) is 4.50. The summed E-state index contributed by atoms with van der Waals surface area (Å²) in [5.74, 6) is -0.350. The predicted octanol–water partition coefficient (Wildman–Crippen LogP) is 4.51. The highest BCUT2D eigenvalue weighted by Crippen LogP contribution is 2.41. The van der Waals surface area contributed by atoms with E-state index in [0.29, 0.717) is 16.1 Å². The molecule has 2 amide bonds. The van der Waals surface area contributed by atoms with Crippen molar-refractivity contribution in [3.63, 3.8) is 0 Å². The average molecular weight is 371 g/mol. The quantitative estimate of drug-likeness (QED) is 0.863. The van der Waals surface area contributed by atoms with Gasteiger partial charge in [-0.1, -0.05) is 41.9 Å². The number of hydrogen-bond donors (Lipinski definition) is 1. The summed E-state index contributed by atoms with van der Waals surface area (Å²) in [5.41, 5.74) is 1.77. The molecule has 2 aromatic rings. The Labute approximate surface area is 159 Å². The first-order chi connectivity index (χ1) is 12.2. The van der Waals surface area contributed by atoms with Gasteiger partial charge in [-0.15, -0.1) is 0 Å². The van der Waals surface area contributed by atoms with E-state index >= 15 is 0 Å². The minimum atomic E-state index is -0.703. The van der Waals surface area contributed by atoms with Crippen LogP contribution in [0.5, 0.6) is 0 Å². The number of nitrogens with zero attached hydrogens (tertiary/aromatic N) is 1. The van der Waals surface area contributed by atoms with Crippen molar-refractivity contribution in [3.05, 3.63) is 70.2 Å². The number of hydrogen-bond acceptors (Lipinski definition) is 2. The van der Waals surface area contributed by atoms with Crippen LogP contribution in [0.1, 0.15) is 61.3 Å². The molecule has 5 heteroatoms. The van der Waals surface area contributed by atoms with E-state index in [-0.39, 0.29) is 17.9 Å². The van der Waals surface area contributed by atoms with Gasteiger partial charge in [-0.05, 0) is 57.0 Å². The van der Waals surface area contributed by atoms with Crippen LogP contribution in [-0.4, -0.2) is 22.3 Å². The van der Waals surface area contributed by atoms with Crippen LogP contribution < -0.4 is 5.32 Å². The highest BCUT2D eigenvalue weighted by Gasteiger charge is 2.44. The maximum Gasteiger partial charge on any atom is 0.255 e. The number of carbonyl (C=O) groups excluding carboxylic acids is 2. The topological polar surface area (TPSA) is 49.4 Å². The Balaban J connectivity index is 2.07. The second kappa shape index (κ2) is 6.76. The Morgan fingerprint density at radius 1 is 1.15 bits per heavy atom. The number of benzene rings is 2. The fourth-order valence-corrected chi connectivity index (χ4v) is 3.54. The van der Waals surface area contributed by atoms with Gasteiger partial charge in [0.15, 0.2) is 0 Å². The monoisotopic (exact) mass is 370 g/mol. The van der Waals surface area contributed by atoms with Crippen molar-refractivity contribution in [2.75, 3.05) is 0 Å². The molecule has 0 fully saturated rings. The molecule has 0 saturated carbocycles. The first-order valence-electron chi connectivity index (χ1n) is 8.68. The molecular weight excluding hydrogens is 348 g/mol. The van der Waals surface area contributed by atoms with Crippen molar-refractivity contribution >= 4 is 23.4 Å². The standard InChI is InChI=1S/C21H23ClN2O2/c1-13(14-8-6-5-7-9-14)24-18(19(25)23-21(2,3)4)17-12-15(22)10-11-16(17)20(24)26/h5-13,18H,1-4H3,(H,23,25)/t13-,18?/m1/s1. The van der Waals surface area contributed by atoms with E-state index in [2.05, 4.69) is 5.32 Å². The predicted molar refractivity (Wildman–Crippen MR) is 103 cm³/mol. The molecule has 0 spiro atoms. The molecule has 1 aliphatic rings. The Kier molecular flexibility index (Phi) is 4.80. The maximum atomic E-state index is 13.1. The van der Waals surface area contributed by atoms with E-state index in [1.165, 1.54) is 0 Å². The van der Waals surface area contributed by atoms with E-state index in [0.717, 1.165) is 5.56 Å². The Morgan fingerprint density at radius 2 is 1.81 bits per heavy atom. The summed E-state index contributed by atoms with van der Waals surface area (Å²) in [6.45, 7) is 7.71. The van der Waals surface area contributed by atoms with E-state index in [4.69, 9.17) is 11.6 Å². The minimum Gasteiger partial charge on any atom is -0.349 e. The Morgan fingerprint density at radius 3 is 2.42 bits per heavy atom. The molecule has 26 heavy (non-hydrogen) atoms. The Hall–Kier alpha value is -2.33. The fraction of sp³-hybridized carbons (Fsp3) is 0.333. The molecule has 0 aromatic heterocycles. The lowest BCUT2D eigenvalue weighted by atomic mass is 10.0. The molecule has 0 radical (unpaired) electrons. The molecule has 3 rings (SSSR count). The van der Waals surface area contributed by atoms with E-state index in [9.17, 15) is 9.59 Å². The smallest absolute Gasteiger partial charge is 0.255 e. The van der Waals surface area contributed by atoms with Crippen LogP contribution in [0.2, 0.25) is 5.02 Å². The molecule has 0 bridgehead atoms. The number of fused-ring (bicyclic) bond motifs is 1. The van der Waals surface area contributed by atoms with Crippen LogP contribution in [-0.2, 0) is 4.79 Å². The summed E-state index contributed by atoms with van der Waals surface area (Å²) in [5, 5.41) is 3.52. The zero-order valence-electron chi connectivity index (χ0n) is 15.4. The van der Waals surface area contributed by atoms with Crippen LogP contribution in [0.4, 0.5) is 0 Å². The molecular formula is C21H23ClN2O2. The van der Waals surface area contributed by atoms with Gasteiger partial charge in [0.05, 0.1) is 6.04 Å². The van der Waals surface area contributed by atoms with Gasteiger partial charge < -0.3 is 10.2 Å². The largest absolute Gasteiger partial charge is 0.349 e. The number of carbonyl (C=O) groups is 2. The van der Waals surface area contributed by atoms with Gasteiger partial charge in [0, 0.05) is 16.1 Å². The molecule has 1 unspecified atom stereocenters. The maximum absolute atomic E-state index is 13.1. The van der Waals surface area contributed by atoms with Gasteiger partial charge in [-0.25, -0.2) is 0 Å². The first-order valence-corrected chi connectivity index (χ1v) is 9.06. The van der Waals surface area contributed by atoms with Crippen LogP contribution in [0, 0.1) is 0 Å². The zero-order valence-corrected chi connectivity index (χ0v) is 16.2. The zero-order chi connectivity index (χ0) is 19.1. The van der Waals surface area contributed by atoms with Gasteiger partial charge in [-0.3, -0.25) is 9.59 Å². The third-order valence-corrected chi connectivity index (χ3v) is 4.73. The summed E-state index contributed by atoms with van der Waals surface area (Å²) < 4.78 is 0. The molecule has 2 atom stereocenters. The Bertz CT molecular complexity index is 843. The first kappa shape index (κ1) is 18.5. The summed E-state index contributed by atoms with van der Waals surface area (Å²) in [6.07, 6.45) is 0. The highest BCUT2D eigenvalue weighted by atomic mass is 35.5. The van der Waals surface area contributed by atoms with Crippen molar-refractivity contribution in [2.45, 2.75) is 45.3 Å². The lowest BCUT2D eigenvalue weighted by Crippen LogP contribution is -2.47. The van der Waals surface area contributed by atoms with Crippen molar-refractivity contribution < 1.29 is 9.59 Å². The van der Waals surface area contributed by atoms with Gasteiger partial charge in [0.1, 0.15) is 6.04 Å². The third kappa shape index (κ3) is 3.47. The fourth-order valence-electron chi connectivity index (χ4n) is 3.36. The molecule has 2 aromatic carbocycles. The SMILES string of the molecule is C[C@H](c1ccccc1)N1C(=O)c2ccc(Cl)cc2C1C(=O)NC(C)(C)C. The number of rotatable bonds is 3. The number of nitrogens with one attached hydrogen (secondary N) is 1. The van der Waals surface area contributed by atoms with Crippen molar-refractivity contribution in [1.82, 2.24) is 10.2 Å². The average Bonchev–Trinajstić information content (AvgIpc) is 2.85. The summed E-state index contributed by atoms with van der Waals surface area (Å²) >= 11 is 6.16. The second-order valence-electron chi connectivity index (χ2n) is 7.67. The number of halogens is 1. The van der Waals surface area contributed by atoms with Gasteiger partial charge in [0.25, 0.3) is 5.91 Å². The van der Waals surface area contributed by atoms with Crippen LogP contribution in [0.25, 0.3) is 0 Å². The summed E-state index contributed by atoms with van der Waals surface area (Å²) in [7, 11) is 0. The normalized spacial score (nSPS) is 17.8. The molecule has 1 aliphatic heterocycles. The lowest BCUT2D eigenvalue weighted by molar-refractivity contribution is -0.127. The van der Waals surface area contributed by atoms with Crippen LogP contribution in [0.3, 0.4) is 0 Å². The summed E-state index contributed by atoms with van der Waals surface area (Å²) in [4.78, 5) is 27.8. The summed E-state index contributed by atoms with van der Waals surface area (Å²) in [6, 6.07) is 13.9. The van der Waals surface area contributed by atoms with Gasteiger partial charge >= 0.3 is 0 Å². The van der Waals surface area contributed by atoms with Gasteiger partial charge in [0.2, 0.25) is 5.91 Å². The number of amides is 2. The van der Waals surface area contributed by atoms with Crippen LogP contribution in [0.15, 0.2) is 48.5 Å². The van der Waals surface area contributed by atoms with E-state index in [1.807, 2.05) is 58.0 Å². The van der Waals surface area contributed by atoms with Crippen molar-refractivity contribution in [2.24, 2.45) is 0 Å². The minimum absolute atomic E-state index is 0.151. The second-order valence-corrected chi connectivity index (χ2v) is 8.11. The molecule has 1 heterocycles. The molecule has 0 aliphatic carbocycles. The van der Waals surface area contributed by atoms with Crippen LogP contribution >= 0.6 is 11.6 Å². The van der Waals surface area contributed by atoms with Crippen molar-refractivity contribution in [3.8, 4) is 0 Å². The molecule has 0 saturated heterocycles. The van der Waals surface area contributed by atoms with E-state index in [1.54, 1.807) is 23.1 Å². The lowest BCUT2D eigenvalue weighted by Gasteiger charge is -2.33. The van der Waals surface area contributed by atoms with Gasteiger partial charge in [-0.2, -0.15) is 0 Å². The molecule has 1 N–H and O–H groups in total. The van der Waals surface area contributed by atoms with Crippen molar-refractivity contribution in [1.29, 1.82) is 0 Å². The molecule has 136 valence electrons. The van der Waals surface area contributed by atoms with E-state index < -0.39 is 11.6 Å². The molecule has 4 nitrogen and oxygen atoms in total.